The number of hydrogen-bond donors (Lipinski definition) is 0. The Bertz CT molecular complexity index is 408. The fourth-order valence-electron chi connectivity index (χ4n) is 1.14. The number of nitrogens with zero attached hydrogens (tertiary/aromatic N) is 1. The van der Waals surface area contributed by atoms with Crippen LogP contribution in [0, 0.1) is 6.92 Å². The summed E-state index contributed by atoms with van der Waals surface area (Å²) in [6, 6.07) is 9.98. The van der Waals surface area contributed by atoms with E-state index >= 15 is 0 Å². The Hall–Kier alpha value is -0.860. The summed E-state index contributed by atoms with van der Waals surface area (Å²) in [6.07, 6.45) is 0. The van der Waals surface area contributed by atoms with Crippen molar-refractivity contribution in [3.05, 3.63) is 40.2 Å². The average molecular weight is 210 g/mol. The fraction of sp³-hybridized carbons (Fsp3) is 0.100. The number of aromatic nitrogens is 1. The van der Waals surface area contributed by atoms with Gasteiger partial charge in [-0.1, -0.05) is 41.9 Å². The molecule has 66 valence electrons. The molecule has 1 aromatic carbocycles. The van der Waals surface area contributed by atoms with Gasteiger partial charge in [0, 0.05) is 10.4 Å². The minimum Gasteiger partial charge on any atom is -0.191 e. The lowest BCUT2D eigenvalue weighted by Gasteiger charge is -1.95. The van der Waals surface area contributed by atoms with Crippen LogP contribution in [0.4, 0.5) is 0 Å². The molecule has 0 saturated heterocycles. The van der Waals surface area contributed by atoms with Gasteiger partial charge in [-0.25, -0.2) is 0 Å². The van der Waals surface area contributed by atoms with E-state index in [1.54, 1.807) is 0 Å². The summed E-state index contributed by atoms with van der Waals surface area (Å²) in [6.45, 7) is 1.98. The minimum atomic E-state index is 0.774. The van der Waals surface area contributed by atoms with Gasteiger partial charge < -0.3 is 0 Å². The Morgan fingerprint density at radius 3 is 2.46 bits per heavy atom. The summed E-state index contributed by atoms with van der Waals surface area (Å²) in [5.41, 5.74) is 1.97. The van der Waals surface area contributed by atoms with Gasteiger partial charge in [-0.3, -0.25) is 0 Å². The van der Waals surface area contributed by atoms with Crippen LogP contribution in [0.1, 0.15) is 4.88 Å². The van der Waals surface area contributed by atoms with Crippen LogP contribution in [0.2, 0.25) is 5.02 Å². The van der Waals surface area contributed by atoms with Crippen LogP contribution in [-0.2, 0) is 0 Å². The predicted molar refractivity (Wildman–Crippen MR) is 57.3 cm³/mol. The first kappa shape index (κ1) is 8.73. The van der Waals surface area contributed by atoms with E-state index in [0.717, 1.165) is 21.2 Å². The normalized spacial score (nSPS) is 10.3. The Kier molecular flexibility index (Phi) is 2.34. The van der Waals surface area contributed by atoms with Gasteiger partial charge in [-0.05, 0) is 18.5 Å². The lowest BCUT2D eigenvalue weighted by molar-refractivity contribution is 1.51. The molecule has 2 rings (SSSR count). The molecule has 0 amide bonds. The molecule has 0 unspecified atom stereocenters. The molecule has 13 heavy (non-hydrogen) atoms. The van der Waals surface area contributed by atoms with Crippen molar-refractivity contribution in [2.75, 3.05) is 0 Å². The first-order valence-corrected chi connectivity index (χ1v) is 5.11. The maximum atomic E-state index is 6.09. The molecule has 1 nitrogen and oxygen atoms in total. The summed E-state index contributed by atoms with van der Waals surface area (Å²) in [5.74, 6) is 0. The molecule has 0 saturated carbocycles. The summed E-state index contributed by atoms with van der Waals surface area (Å²) < 4.78 is 4.30. The quantitative estimate of drug-likeness (QED) is 0.697. The summed E-state index contributed by atoms with van der Waals surface area (Å²) in [4.78, 5) is 1.07. The Morgan fingerprint density at radius 1 is 1.23 bits per heavy atom. The van der Waals surface area contributed by atoms with Crippen LogP contribution >= 0.6 is 23.1 Å². The third-order valence-electron chi connectivity index (χ3n) is 1.84. The SMILES string of the molecule is Cc1snc(-c2ccccc2)c1Cl. The molecule has 0 aliphatic rings. The van der Waals surface area contributed by atoms with E-state index in [-0.39, 0.29) is 0 Å². The monoisotopic (exact) mass is 209 g/mol. The van der Waals surface area contributed by atoms with Crippen molar-refractivity contribution in [1.29, 1.82) is 0 Å². The predicted octanol–water partition coefficient (Wildman–Crippen LogP) is 3.77. The molecule has 1 heterocycles. The summed E-state index contributed by atoms with van der Waals surface area (Å²) >= 11 is 7.54. The highest BCUT2D eigenvalue weighted by atomic mass is 35.5. The van der Waals surface area contributed by atoms with Gasteiger partial charge in [0.25, 0.3) is 0 Å². The second-order valence-electron chi connectivity index (χ2n) is 2.77. The van der Waals surface area contributed by atoms with Gasteiger partial charge in [-0.2, -0.15) is 4.37 Å². The highest BCUT2D eigenvalue weighted by Gasteiger charge is 2.08. The molecule has 3 heteroatoms. The second kappa shape index (κ2) is 3.48. The zero-order valence-corrected chi connectivity index (χ0v) is 8.69. The van der Waals surface area contributed by atoms with Crippen molar-refractivity contribution >= 4 is 23.1 Å². The number of benzene rings is 1. The molecule has 0 fully saturated rings. The third-order valence-corrected chi connectivity index (χ3v) is 3.16. The van der Waals surface area contributed by atoms with Crippen molar-refractivity contribution in [2.45, 2.75) is 6.92 Å². The molecular formula is C10H8ClNS. The van der Waals surface area contributed by atoms with E-state index in [9.17, 15) is 0 Å². The van der Waals surface area contributed by atoms with Crippen LogP contribution in [0.25, 0.3) is 11.3 Å². The molecule has 0 N–H and O–H groups in total. The van der Waals surface area contributed by atoms with Crippen molar-refractivity contribution < 1.29 is 0 Å². The van der Waals surface area contributed by atoms with Gasteiger partial charge in [0.05, 0.1) is 5.02 Å². The Morgan fingerprint density at radius 2 is 1.92 bits per heavy atom. The van der Waals surface area contributed by atoms with Crippen molar-refractivity contribution in [3.8, 4) is 11.3 Å². The number of hydrogen-bond acceptors (Lipinski definition) is 2. The van der Waals surface area contributed by atoms with E-state index < -0.39 is 0 Å². The van der Waals surface area contributed by atoms with Gasteiger partial charge in [-0.15, -0.1) is 0 Å². The lowest BCUT2D eigenvalue weighted by Crippen LogP contribution is -1.76. The standard InChI is InChI=1S/C10H8ClNS/c1-7-9(11)10(12-13-7)8-5-3-2-4-6-8/h2-6H,1H3. The zero-order chi connectivity index (χ0) is 9.26. The molecule has 0 radical (unpaired) electrons. The highest BCUT2D eigenvalue weighted by molar-refractivity contribution is 7.06. The summed E-state index contributed by atoms with van der Waals surface area (Å²) in [7, 11) is 0. The van der Waals surface area contributed by atoms with Gasteiger partial charge in [0.15, 0.2) is 0 Å². The highest BCUT2D eigenvalue weighted by Crippen LogP contribution is 2.31. The van der Waals surface area contributed by atoms with Gasteiger partial charge >= 0.3 is 0 Å². The molecule has 2 aromatic rings. The third kappa shape index (κ3) is 1.60. The molecule has 0 bridgehead atoms. The smallest absolute Gasteiger partial charge is 0.103 e. The molecule has 0 aliphatic heterocycles. The molecule has 0 spiro atoms. The molecule has 0 aliphatic carbocycles. The number of halogens is 1. The maximum absolute atomic E-state index is 6.09. The largest absolute Gasteiger partial charge is 0.191 e. The van der Waals surface area contributed by atoms with Gasteiger partial charge in [0.2, 0.25) is 0 Å². The summed E-state index contributed by atoms with van der Waals surface area (Å²) in [5, 5.41) is 0.774. The molecular weight excluding hydrogens is 202 g/mol. The molecule has 0 atom stereocenters. The number of rotatable bonds is 1. The van der Waals surface area contributed by atoms with E-state index in [4.69, 9.17) is 11.6 Å². The first-order valence-electron chi connectivity index (χ1n) is 3.96. The fourth-order valence-corrected chi connectivity index (χ4v) is 2.04. The Balaban J connectivity index is 2.53. The van der Waals surface area contributed by atoms with Crippen LogP contribution in [-0.4, -0.2) is 4.37 Å². The van der Waals surface area contributed by atoms with E-state index in [1.165, 1.54) is 11.5 Å². The van der Waals surface area contributed by atoms with Crippen LogP contribution < -0.4 is 0 Å². The van der Waals surface area contributed by atoms with E-state index in [0.29, 0.717) is 0 Å². The van der Waals surface area contributed by atoms with Gasteiger partial charge in [0.1, 0.15) is 5.69 Å². The lowest BCUT2D eigenvalue weighted by atomic mass is 10.1. The van der Waals surface area contributed by atoms with Crippen molar-refractivity contribution in [1.82, 2.24) is 4.37 Å². The minimum absolute atomic E-state index is 0.774. The molecule has 1 aromatic heterocycles. The second-order valence-corrected chi connectivity index (χ2v) is 4.12. The van der Waals surface area contributed by atoms with E-state index in [1.807, 2.05) is 37.3 Å². The topological polar surface area (TPSA) is 12.9 Å². The zero-order valence-electron chi connectivity index (χ0n) is 7.12. The van der Waals surface area contributed by atoms with Crippen molar-refractivity contribution in [3.63, 3.8) is 0 Å². The van der Waals surface area contributed by atoms with Crippen LogP contribution in [0.15, 0.2) is 30.3 Å². The number of aryl methyl sites for hydroxylation is 1. The van der Waals surface area contributed by atoms with Crippen LogP contribution in [0.3, 0.4) is 0 Å². The van der Waals surface area contributed by atoms with Crippen molar-refractivity contribution in [2.24, 2.45) is 0 Å². The Labute approximate surface area is 86.2 Å². The van der Waals surface area contributed by atoms with Crippen LogP contribution in [0.5, 0.6) is 0 Å². The first-order chi connectivity index (χ1) is 6.29. The van der Waals surface area contributed by atoms with E-state index in [2.05, 4.69) is 4.37 Å². The average Bonchev–Trinajstić information content (AvgIpc) is 2.49. The maximum Gasteiger partial charge on any atom is 0.103 e.